The number of nitrogens with two attached hydrogens (primary N) is 1. The monoisotopic (exact) mass is 247 g/mol. The molecule has 0 amide bonds. The second-order valence-electron chi connectivity index (χ2n) is 4.07. The van der Waals surface area contributed by atoms with E-state index in [-0.39, 0.29) is 12.6 Å². The zero-order valence-corrected chi connectivity index (χ0v) is 10.6. The van der Waals surface area contributed by atoms with Crippen LogP contribution in [0.1, 0.15) is 36.7 Å². The summed E-state index contributed by atoms with van der Waals surface area (Å²) >= 11 is 0. The topological polar surface area (TPSA) is 74.2 Å². The lowest BCUT2D eigenvalue weighted by Gasteiger charge is -2.14. The Morgan fingerprint density at radius 3 is 2.83 bits per heavy atom. The van der Waals surface area contributed by atoms with Crippen LogP contribution in [0.4, 0.5) is 0 Å². The molecule has 0 aliphatic heterocycles. The van der Waals surface area contributed by atoms with Gasteiger partial charge in [0, 0.05) is 18.5 Å². The Bertz CT molecular complexity index is 510. The molecule has 0 fully saturated rings. The molecule has 0 aliphatic carbocycles. The summed E-state index contributed by atoms with van der Waals surface area (Å²) < 4.78 is 10.6. The van der Waals surface area contributed by atoms with Crippen molar-refractivity contribution in [2.24, 2.45) is 5.73 Å². The number of aryl methyl sites for hydroxylation is 1. The Kier molecular flexibility index (Phi) is 3.94. The summed E-state index contributed by atoms with van der Waals surface area (Å²) in [6.45, 7) is 4.08. The lowest BCUT2D eigenvalue weighted by molar-refractivity contribution is 0.281. The molecule has 5 heteroatoms. The van der Waals surface area contributed by atoms with E-state index in [2.05, 4.69) is 10.1 Å². The van der Waals surface area contributed by atoms with Crippen LogP contribution in [0, 0.1) is 6.92 Å². The van der Waals surface area contributed by atoms with Gasteiger partial charge in [-0.15, -0.1) is 0 Å². The molecule has 96 valence electrons. The normalized spacial score (nSPS) is 12.4. The average molecular weight is 247 g/mol. The van der Waals surface area contributed by atoms with Crippen molar-refractivity contribution in [3.8, 4) is 5.75 Å². The molecule has 1 aromatic heterocycles. The predicted octanol–water partition coefficient (Wildman–Crippen LogP) is 2.37. The molecule has 2 aromatic rings. The molecule has 0 saturated heterocycles. The Labute approximate surface area is 106 Å². The molecule has 2 rings (SSSR count). The van der Waals surface area contributed by atoms with Crippen LogP contribution in [0.5, 0.6) is 5.75 Å². The Morgan fingerprint density at radius 1 is 1.39 bits per heavy atom. The number of rotatable bonds is 5. The van der Waals surface area contributed by atoms with Gasteiger partial charge in [-0.05, 0) is 12.5 Å². The van der Waals surface area contributed by atoms with E-state index in [0.717, 1.165) is 17.7 Å². The molecule has 0 radical (unpaired) electrons. The van der Waals surface area contributed by atoms with E-state index in [0.29, 0.717) is 11.7 Å². The van der Waals surface area contributed by atoms with E-state index >= 15 is 0 Å². The van der Waals surface area contributed by atoms with Gasteiger partial charge in [-0.3, -0.25) is 0 Å². The van der Waals surface area contributed by atoms with Crippen LogP contribution in [0.2, 0.25) is 0 Å². The van der Waals surface area contributed by atoms with Crippen LogP contribution in [-0.2, 0) is 6.61 Å². The highest BCUT2D eigenvalue weighted by Crippen LogP contribution is 2.25. The molecule has 0 aliphatic rings. The van der Waals surface area contributed by atoms with Gasteiger partial charge in [0.1, 0.15) is 5.75 Å². The van der Waals surface area contributed by atoms with Crippen molar-refractivity contribution in [2.45, 2.75) is 32.9 Å². The number of hydrogen-bond acceptors (Lipinski definition) is 5. The maximum atomic E-state index is 6.04. The quantitative estimate of drug-likeness (QED) is 0.877. The van der Waals surface area contributed by atoms with Gasteiger partial charge in [0.25, 0.3) is 0 Å². The predicted molar refractivity (Wildman–Crippen MR) is 67.0 cm³/mol. The van der Waals surface area contributed by atoms with Gasteiger partial charge in [-0.1, -0.05) is 30.3 Å². The zero-order valence-electron chi connectivity index (χ0n) is 10.6. The SMILES string of the molecule is CC[C@@H](N)c1ccccc1OCc1noc(C)n1. The smallest absolute Gasteiger partial charge is 0.223 e. The number of ether oxygens (including phenoxy) is 1. The molecular weight excluding hydrogens is 230 g/mol. The minimum Gasteiger partial charge on any atom is -0.485 e. The second kappa shape index (κ2) is 5.64. The van der Waals surface area contributed by atoms with Gasteiger partial charge in [-0.2, -0.15) is 4.98 Å². The molecule has 18 heavy (non-hydrogen) atoms. The number of hydrogen-bond donors (Lipinski definition) is 1. The van der Waals surface area contributed by atoms with Crippen molar-refractivity contribution < 1.29 is 9.26 Å². The molecule has 0 bridgehead atoms. The number of para-hydroxylation sites is 1. The van der Waals surface area contributed by atoms with Crippen molar-refractivity contribution >= 4 is 0 Å². The van der Waals surface area contributed by atoms with Crippen LogP contribution in [0.3, 0.4) is 0 Å². The standard InChI is InChI=1S/C13H17N3O2/c1-3-11(14)10-6-4-5-7-12(10)17-8-13-15-9(2)18-16-13/h4-7,11H,3,8,14H2,1-2H3/t11-/m1/s1. The highest BCUT2D eigenvalue weighted by molar-refractivity contribution is 5.35. The number of benzene rings is 1. The highest BCUT2D eigenvalue weighted by Gasteiger charge is 2.11. The largest absolute Gasteiger partial charge is 0.485 e. The number of nitrogens with zero attached hydrogens (tertiary/aromatic N) is 2. The maximum Gasteiger partial charge on any atom is 0.223 e. The van der Waals surface area contributed by atoms with Gasteiger partial charge >= 0.3 is 0 Å². The Hall–Kier alpha value is -1.88. The van der Waals surface area contributed by atoms with Crippen LogP contribution >= 0.6 is 0 Å². The molecule has 2 N–H and O–H groups in total. The fourth-order valence-corrected chi connectivity index (χ4v) is 1.68. The molecule has 5 nitrogen and oxygen atoms in total. The Balaban J connectivity index is 2.09. The first kappa shape index (κ1) is 12.6. The van der Waals surface area contributed by atoms with Gasteiger partial charge < -0.3 is 15.0 Å². The first-order valence-electron chi connectivity index (χ1n) is 5.97. The lowest BCUT2D eigenvalue weighted by Crippen LogP contribution is -2.11. The first-order valence-corrected chi connectivity index (χ1v) is 5.97. The molecule has 0 spiro atoms. The van der Waals surface area contributed by atoms with Crippen LogP contribution in [0.25, 0.3) is 0 Å². The van der Waals surface area contributed by atoms with E-state index in [9.17, 15) is 0 Å². The van der Waals surface area contributed by atoms with Gasteiger partial charge in [0.2, 0.25) is 11.7 Å². The summed E-state index contributed by atoms with van der Waals surface area (Å²) in [7, 11) is 0. The van der Waals surface area contributed by atoms with Gasteiger partial charge in [0.15, 0.2) is 6.61 Å². The zero-order chi connectivity index (χ0) is 13.0. The number of aromatic nitrogens is 2. The Morgan fingerprint density at radius 2 is 2.17 bits per heavy atom. The summed E-state index contributed by atoms with van der Waals surface area (Å²) in [6.07, 6.45) is 0.863. The van der Waals surface area contributed by atoms with Crippen LogP contribution < -0.4 is 10.5 Å². The summed E-state index contributed by atoms with van der Waals surface area (Å²) in [5, 5.41) is 3.78. The van der Waals surface area contributed by atoms with Crippen molar-refractivity contribution in [3.63, 3.8) is 0 Å². The highest BCUT2D eigenvalue weighted by atomic mass is 16.5. The van der Waals surface area contributed by atoms with Crippen molar-refractivity contribution in [1.82, 2.24) is 10.1 Å². The van der Waals surface area contributed by atoms with Gasteiger partial charge in [-0.25, -0.2) is 0 Å². The van der Waals surface area contributed by atoms with E-state index in [1.807, 2.05) is 31.2 Å². The summed E-state index contributed by atoms with van der Waals surface area (Å²) in [5.41, 5.74) is 7.04. The third-order valence-corrected chi connectivity index (χ3v) is 2.68. The fraction of sp³-hybridized carbons (Fsp3) is 0.385. The van der Waals surface area contributed by atoms with Crippen LogP contribution in [-0.4, -0.2) is 10.1 Å². The minimum absolute atomic E-state index is 0.0202. The molecule has 1 atom stereocenters. The summed E-state index contributed by atoms with van der Waals surface area (Å²) in [4.78, 5) is 4.09. The lowest BCUT2D eigenvalue weighted by atomic mass is 10.0. The van der Waals surface area contributed by atoms with E-state index in [1.165, 1.54) is 0 Å². The van der Waals surface area contributed by atoms with E-state index < -0.39 is 0 Å². The molecule has 1 heterocycles. The van der Waals surface area contributed by atoms with Crippen molar-refractivity contribution in [3.05, 3.63) is 41.5 Å². The molecular formula is C13H17N3O2. The van der Waals surface area contributed by atoms with Crippen LogP contribution in [0.15, 0.2) is 28.8 Å². The van der Waals surface area contributed by atoms with Crippen molar-refractivity contribution in [2.75, 3.05) is 0 Å². The summed E-state index contributed by atoms with van der Waals surface area (Å²) in [6, 6.07) is 7.73. The molecule has 1 aromatic carbocycles. The van der Waals surface area contributed by atoms with Crippen molar-refractivity contribution in [1.29, 1.82) is 0 Å². The average Bonchev–Trinajstić information content (AvgIpc) is 2.81. The molecule has 0 saturated carbocycles. The van der Waals surface area contributed by atoms with Gasteiger partial charge in [0.05, 0.1) is 0 Å². The third-order valence-electron chi connectivity index (χ3n) is 2.68. The minimum atomic E-state index is -0.0202. The first-order chi connectivity index (χ1) is 8.70. The molecule has 0 unspecified atom stereocenters. The summed E-state index contributed by atoms with van der Waals surface area (Å²) in [5.74, 6) is 1.84. The maximum absolute atomic E-state index is 6.04. The second-order valence-corrected chi connectivity index (χ2v) is 4.07. The van der Waals surface area contributed by atoms with E-state index in [4.69, 9.17) is 15.0 Å². The fourth-order valence-electron chi connectivity index (χ4n) is 1.68. The third kappa shape index (κ3) is 2.87. The van der Waals surface area contributed by atoms with E-state index in [1.54, 1.807) is 6.92 Å².